The van der Waals surface area contributed by atoms with Gasteiger partial charge in [-0.25, -0.2) is 0 Å². The summed E-state index contributed by atoms with van der Waals surface area (Å²) in [5, 5.41) is 10.1. The Balaban J connectivity index is 1.41. The number of carbonyl (C=O) groups is 1. The third-order valence-electron chi connectivity index (χ3n) is 5.45. The lowest BCUT2D eigenvalue weighted by molar-refractivity contribution is -0.130. The standard InChI is InChI=1S/C20H38N2O3/c23-19-11-3-1-5-13-21(19)15-7-9-17-25-18-10-8-16-22-14-6-2-4-12-20(22)24/h19,23H,1-18H2. The van der Waals surface area contributed by atoms with Crippen LogP contribution >= 0.6 is 0 Å². The van der Waals surface area contributed by atoms with E-state index in [4.69, 9.17) is 4.74 Å². The van der Waals surface area contributed by atoms with Crippen molar-refractivity contribution in [1.82, 2.24) is 9.80 Å². The lowest BCUT2D eigenvalue weighted by Gasteiger charge is -2.25. The molecule has 2 rings (SSSR count). The molecule has 1 unspecified atom stereocenters. The fourth-order valence-corrected chi connectivity index (χ4v) is 3.81. The maximum Gasteiger partial charge on any atom is 0.222 e. The average Bonchev–Trinajstić information content (AvgIpc) is 2.94. The molecule has 0 bridgehead atoms. The predicted molar refractivity (Wildman–Crippen MR) is 100 cm³/mol. The fraction of sp³-hybridized carbons (Fsp3) is 0.950. The van der Waals surface area contributed by atoms with Gasteiger partial charge in [0.1, 0.15) is 6.23 Å². The molecule has 2 saturated heterocycles. The zero-order chi connectivity index (χ0) is 17.7. The van der Waals surface area contributed by atoms with Crippen molar-refractivity contribution in [1.29, 1.82) is 0 Å². The highest BCUT2D eigenvalue weighted by molar-refractivity contribution is 5.76. The highest BCUT2D eigenvalue weighted by Crippen LogP contribution is 2.15. The molecular formula is C20H38N2O3. The van der Waals surface area contributed by atoms with Crippen LogP contribution in [0, 0.1) is 0 Å². The minimum atomic E-state index is -0.231. The van der Waals surface area contributed by atoms with Crippen LogP contribution in [0.3, 0.4) is 0 Å². The third kappa shape index (κ3) is 8.52. The van der Waals surface area contributed by atoms with Crippen molar-refractivity contribution < 1.29 is 14.6 Å². The van der Waals surface area contributed by atoms with Crippen LogP contribution in [0.15, 0.2) is 0 Å². The number of ether oxygens (including phenoxy) is 1. The summed E-state index contributed by atoms with van der Waals surface area (Å²) < 4.78 is 5.73. The Hall–Kier alpha value is -0.650. The SMILES string of the molecule is O=C1CCCCCN1CCCCOCCCCN1CCCCCC1O. The number of likely N-dealkylation sites (tertiary alicyclic amines) is 2. The maximum absolute atomic E-state index is 11.9. The Labute approximate surface area is 153 Å². The van der Waals surface area contributed by atoms with E-state index in [1.807, 2.05) is 4.90 Å². The van der Waals surface area contributed by atoms with Crippen molar-refractivity contribution in [3.8, 4) is 0 Å². The van der Waals surface area contributed by atoms with E-state index < -0.39 is 0 Å². The van der Waals surface area contributed by atoms with Gasteiger partial charge in [-0.05, 0) is 57.8 Å². The number of carbonyl (C=O) groups excluding carboxylic acids is 1. The number of aliphatic hydroxyl groups is 1. The molecule has 146 valence electrons. The minimum absolute atomic E-state index is 0.231. The number of amides is 1. The molecule has 0 spiro atoms. The van der Waals surface area contributed by atoms with Crippen LogP contribution in [0.1, 0.15) is 77.0 Å². The monoisotopic (exact) mass is 354 g/mol. The summed E-state index contributed by atoms with van der Waals surface area (Å²) in [7, 11) is 0. The van der Waals surface area contributed by atoms with Crippen LogP contribution in [0.25, 0.3) is 0 Å². The van der Waals surface area contributed by atoms with E-state index in [0.29, 0.717) is 5.91 Å². The normalized spacial score (nSPS) is 23.5. The van der Waals surface area contributed by atoms with Crippen LogP contribution in [0.2, 0.25) is 0 Å². The highest BCUT2D eigenvalue weighted by atomic mass is 16.5. The van der Waals surface area contributed by atoms with E-state index in [0.717, 1.165) is 97.2 Å². The second kappa shape index (κ2) is 12.7. The molecule has 0 aromatic rings. The van der Waals surface area contributed by atoms with Gasteiger partial charge in [-0.2, -0.15) is 0 Å². The Morgan fingerprint density at radius 3 is 2.44 bits per heavy atom. The zero-order valence-corrected chi connectivity index (χ0v) is 16.0. The molecule has 2 aliphatic heterocycles. The molecule has 0 saturated carbocycles. The molecule has 0 aliphatic carbocycles. The summed E-state index contributed by atoms with van der Waals surface area (Å²) in [5.74, 6) is 0.342. The van der Waals surface area contributed by atoms with Crippen LogP contribution in [0.5, 0.6) is 0 Å². The molecular weight excluding hydrogens is 316 g/mol. The van der Waals surface area contributed by atoms with Gasteiger partial charge in [0.05, 0.1) is 0 Å². The van der Waals surface area contributed by atoms with E-state index in [9.17, 15) is 9.90 Å². The van der Waals surface area contributed by atoms with Crippen molar-refractivity contribution in [3.63, 3.8) is 0 Å². The Kier molecular flexibility index (Phi) is 10.5. The first-order chi connectivity index (χ1) is 12.3. The van der Waals surface area contributed by atoms with Crippen LogP contribution in [-0.2, 0) is 9.53 Å². The molecule has 1 N–H and O–H groups in total. The van der Waals surface area contributed by atoms with Gasteiger partial charge in [-0.15, -0.1) is 0 Å². The Morgan fingerprint density at radius 1 is 0.880 bits per heavy atom. The Morgan fingerprint density at radius 2 is 1.60 bits per heavy atom. The summed E-state index contributed by atoms with van der Waals surface area (Å²) in [6, 6.07) is 0. The summed E-state index contributed by atoms with van der Waals surface area (Å²) in [4.78, 5) is 16.2. The van der Waals surface area contributed by atoms with Crippen molar-refractivity contribution in [2.45, 2.75) is 83.3 Å². The lowest BCUT2D eigenvalue weighted by Crippen LogP contribution is -2.35. The molecule has 5 heteroatoms. The quantitative estimate of drug-likeness (QED) is 0.612. The number of hydrogen-bond donors (Lipinski definition) is 1. The van der Waals surface area contributed by atoms with Crippen LogP contribution < -0.4 is 0 Å². The molecule has 2 fully saturated rings. The van der Waals surface area contributed by atoms with Gasteiger partial charge < -0.3 is 14.7 Å². The van der Waals surface area contributed by atoms with Crippen LogP contribution in [-0.4, -0.2) is 66.4 Å². The van der Waals surface area contributed by atoms with Gasteiger partial charge in [-0.3, -0.25) is 9.69 Å². The van der Waals surface area contributed by atoms with E-state index in [-0.39, 0.29) is 6.23 Å². The van der Waals surface area contributed by atoms with Crippen molar-refractivity contribution in [2.24, 2.45) is 0 Å². The number of nitrogens with zero attached hydrogens (tertiary/aromatic N) is 2. The van der Waals surface area contributed by atoms with Crippen molar-refractivity contribution >= 4 is 5.91 Å². The summed E-state index contributed by atoms with van der Waals surface area (Å²) in [6.07, 6.45) is 12.7. The largest absolute Gasteiger partial charge is 0.381 e. The first kappa shape index (κ1) is 20.7. The van der Waals surface area contributed by atoms with Crippen molar-refractivity contribution in [3.05, 3.63) is 0 Å². The third-order valence-corrected chi connectivity index (χ3v) is 5.45. The smallest absolute Gasteiger partial charge is 0.222 e. The Bertz CT molecular complexity index is 365. The van der Waals surface area contributed by atoms with Crippen LogP contribution in [0.4, 0.5) is 0 Å². The molecule has 0 aromatic carbocycles. The average molecular weight is 355 g/mol. The second-order valence-corrected chi connectivity index (χ2v) is 7.58. The number of unbranched alkanes of at least 4 members (excludes halogenated alkanes) is 2. The van der Waals surface area contributed by atoms with E-state index in [2.05, 4.69) is 4.90 Å². The molecule has 25 heavy (non-hydrogen) atoms. The maximum atomic E-state index is 11.9. The predicted octanol–water partition coefficient (Wildman–Crippen LogP) is 3.16. The van der Waals surface area contributed by atoms with Crippen molar-refractivity contribution in [2.75, 3.05) is 39.4 Å². The molecule has 5 nitrogen and oxygen atoms in total. The number of hydrogen-bond acceptors (Lipinski definition) is 4. The molecule has 2 aliphatic rings. The minimum Gasteiger partial charge on any atom is -0.381 e. The molecule has 0 aromatic heterocycles. The van der Waals surface area contributed by atoms with E-state index in [1.165, 1.54) is 19.3 Å². The van der Waals surface area contributed by atoms with Gasteiger partial charge in [0.15, 0.2) is 0 Å². The summed E-state index contributed by atoms with van der Waals surface area (Å²) in [5.41, 5.74) is 0. The van der Waals surface area contributed by atoms with Gasteiger partial charge in [-0.1, -0.05) is 12.8 Å². The van der Waals surface area contributed by atoms with Gasteiger partial charge in [0.25, 0.3) is 0 Å². The first-order valence-electron chi connectivity index (χ1n) is 10.5. The zero-order valence-electron chi connectivity index (χ0n) is 16.0. The highest BCUT2D eigenvalue weighted by Gasteiger charge is 2.17. The van der Waals surface area contributed by atoms with E-state index >= 15 is 0 Å². The summed E-state index contributed by atoms with van der Waals surface area (Å²) in [6.45, 7) is 5.48. The van der Waals surface area contributed by atoms with Gasteiger partial charge in [0, 0.05) is 45.8 Å². The van der Waals surface area contributed by atoms with Gasteiger partial charge in [0.2, 0.25) is 5.91 Å². The molecule has 0 radical (unpaired) electrons. The van der Waals surface area contributed by atoms with Gasteiger partial charge >= 0.3 is 0 Å². The summed E-state index contributed by atoms with van der Waals surface area (Å²) >= 11 is 0. The fourth-order valence-electron chi connectivity index (χ4n) is 3.81. The first-order valence-corrected chi connectivity index (χ1v) is 10.5. The lowest BCUT2D eigenvalue weighted by atomic mass is 10.2. The number of aliphatic hydroxyl groups excluding tert-OH is 1. The topological polar surface area (TPSA) is 53.0 Å². The number of rotatable bonds is 10. The second-order valence-electron chi connectivity index (χ2n) is 7.58. The molecule has 1 amide bonds. The molecule has 1 atom stereocenters. The van der Waals surface area contributed by atoms with E-state index in [1.54, 1.807) is 0 Å². The molecule has 2 heterocycles.